The second kappa shape index (κ2) is 8.45. The fourth-order valence-electron chi connectivity index (χ4n) is 2.59. The highest BCUT2D eigenvalue weighted by molar-refractivity contribution is 7.13. The van der Waals surface area contributed by atoms with E-state index in [1.54, 1.807) is 5.38 Å². The lowest BCUT2D eigenvalue weighted by atomic mass is 10.1. The molecule has 6 heteroatoms. The van der Waals surface area contributed by atoms with E-state index < -0.39 is 0 Å². The number of carbonyl (C=O) groups is 1. The molecule has 0 saturated carbocycles. The highest BCUT2D eigenvalue weighted by Gasteiger charge is 2.12. The first kappa shape index (κ1) is 18.6. The summed E-state index contributed by atoms with van der Waals surface area (Å²) in [6, 6.07) is 15.6. The fraction of sp³-hybridized carbons (Fsp3) is 0.200. The molecule has 0 unspecified atom stereocenters. The summed E-state index contributed by atoms with van der Waals surface area (Å²) >= 11 is 7.36. The van der Waals surface area contributed by atoms with Crippen LogP contribution in [0.1, 0.15) is 21.6 Å². The molecule has 3 rings (SSSR count). The lowest BCUT2D eigenvalue weighted by molar-refractivity contribution is 0.0946. The number of benzene rings is 2. The van der Waals surface area contributed by atoms with E-state index in [1.807, 2.05) is 56.6 Å². The minimum atomic E-state index is -0.166. The number of thiazole rings is 1. The highest BCUT2D eigenvalue weighted by Crippen LogP contribution is 2.25. The van der Waals surface area contributed by atoms with Crippen molar-refractivity contribution >= 4 is 28.8 Å². The Kier molecular flexibility index (Phi) is 6.04. The Labute approximate surface area is 162 Å². The van der Waals surface area contributed by atoms with Crippen LogP contribution in [0, 0.1) is 0 Å². The van der Waals surface area contributed by atoms with E-state index in [2.05, 4.69) is 21.3 Å². The summed E-state index contributed by atoms with van der Waals surface area (Å²) in [6.45, 7) is 1.32. The molecule has 1 amide bonds. The molecule has 0 bridgehead atoms. The topological polar surface area (TPSA) is 45.2 Å². The van der Waals surface area contributed by atoms with Crippen molar-refractivity contribution in [3.63, 3.8) is 0 Å². The minimum absolute atomic E-state index is 0.166. The Morgan fingerprint density at radius 2 is 1.81 bits per heavy atom. The van der Waals surface area contributed by atoms with Gasteiger partial charge in [0, 0.05) is 29.1 Å². The van der Waals surface area contributed by atoms with Gasteiger partial charge in [-0.2, -0.15) is 0 Å². The van der Waals surface area contributed by atoms with E-state index in [9.17, 15) is 4.79 Å². The molecule has 0 aliphatic heterocycles. The average molecular weight is 386 g/mol. The molecule has 3 aromatic rings. The Hall–Kier alpha value is -2.21. The third-order valence-electron chi connectivity index (χ3n) is 3.87. The van der Waals surface area contributed by atoms with Crippen LogP contribution in [0.3, 0.4) is 0 Å². The zero-order chi connectivity index (χ0) is 18.5. The second-order valence-corrected chi connectivity index (χ2v) is 7.53. The van der Waals surface area contributed by atoms with Gasteiger partial charge in [0.2, 0.25) is 0 Å². The van der Waals surface area contributed by atoms with Crippen LogP contribution in [-0.4, -0.2) is 29.9 Å². The summed E-state index contributed by atoms with van der Waals surface area (Å²) in [5.74, 6) is -0.166. The maximum Gasteiger partial charge on any atom is 0.271 e. The van der Waals surface area contributed by atoms with Crippen molar-refractivity contribution in [1.82, 2.24) is 15.2 Å². The summed E-state index contributed by atoms with van der Waals surface area (Å²) in [5.41, 5.74) is 3.71. The van der Waals surface area contributed by atoms with Crippen LogP contribution in [0.2, 0.25) is 5.02 Å². The van der Waals surface area contributed by atoms with Crippen molar-refractivity contribution in [2.75, 3.05) is 14.1 Å². The van der Waals surface area contributed by atoms with Crippen LogP contribution < -0.4 is 5.32 Å². The number of nitrogens with one attached hydrogen (secondary N) is 1. The highest BCUT2D eigenvalue weighted by atomic mass is 35.5. The van der Waals surface area contributed by atoms with Gasteiger partial charge in [-0.05, 0) is 37.4 Å². The van der Waals surface area contributed by atoms with Crippen LogP contribution in [0.5, 0.6) is 0 Å². The van der Waals surface area contributed by atoms with Crippen LogP contribution in [0.4, 0.5) is 0 Å². The second-order valence-electron chi connectivity index (χ2n) is 6.23. The van der Waals surface area contributed by atoms with Crippen LogP contribution in [0.25, 0.3) is 10.6 Å². The number of aromatic nitrogens is 1. The van der Waals surface area contributed by atoms with Gasteiger partial charge in [0.1, 0.15) is 10.7 Å². The molecule has 4 nitrogen and oxygen atoms in total. The van der Waals surface area contributed by atoms with Crippen molar-refractivity contribution in [2.45, 2.75) is 13.1 Å². The largest absolute Gasteiger partial charge is 0.347 e. The van der Waals surface area contributed by atoms with E-state index in [4.69, 9.17) is 11.6 Å². The average Bonchev–Trinajstić information content (AvgIpc) is 3.11. The first-order valence-electron chi connectivity index (χ1n) is 8.24. The minimum Gasteiger partial charge on any atom is -0.347 e. The predicted molar refractivity (Wildman–Crippen MR) is 108 cm³/mol. The van der Waals surface area contributed by atoms with Gasteiger partial charge < -0.3 is 10.2 Å². The Morgan fingerprint density at radius 1 is 1.12 bits per heavy atom. The van der Waals surface area contributed by atoms with Gasteiger partial charge >= 0.3 is 0 Å². The zero-order valence-electron chi connectivity index (χ0n) is 14.7. The number of hydrogen-bond acceptors (Lipinski definition) is 4. The Morgan fingerprint density at radius 3 is 2.50 bits per heavy atom. The third kappa shape index (κ3) is 4.69. The molecule has 2 aromatic carbocycles. The van der Waals surface area contributed by atoms with Crippen LogP contribution in [-0.2, 0) is 13.1 Å². The van der Waals surface area contributed by atoms with Gasteiger partial charge in [0.25, 0.3) is 5.91 Å². The first-order chi connectivity index (χ1) is 12.5. The molecule has 0 radical (unpaired) electrons. The molecule has 1 heterocycles. The molecule has 0 aliphatic rings. The number of amides is 1. The molecule has 0 aliphatic carbocycles. The summed E-state index contributed by atoms with van der Waals surface area (Å²) < 4.78 is 0. The standard InChI is InChI=1S/C20H20ClN3OS/c1-24(2)12-16-6-4-3-5-15(16)11-22-19(25)18-13-26-20(23-18)14-7-9-17(21)10-8-14/h3-10,13H,11-12H2,1-2H3,(H,22,25). The van der Waals surface area contributed by atoms with E-state index in [-0.39, 0.29) is 5.91 Å². The maximum atomic E-state index is 12.5. The molecular formula is C20H20ClN3OS. The van der Waals surface area contributed by atoms with Crippen LogP contribution in [0.15, 0.2) is 53.9 Å². The van der Waals surface area contributed by atoms with Crippen molar-refractivity contribution in [1.29, 1.82) is 0 Å². The number of rotatable bonds is 6. The van der Waals surface area contributed by atoms with Crippen molar-refractivity contribution < 1.29 is 4.79 Å². The Balaban J connectivity index is 1.67. The molecule has 1 N–H and O–H groups in total. The quantitative estimate of drug-likeness (QED) is 0.681. The normalized spacial score (nSPS) is 10.9. The maximum absolute atomic E-state index is 12.5. The van der Waals surface area contributed by atoms with Gasteiger partial charge in [-0.3, -0.25) is 4.79 Å². The Bertz CT molecular complexity index is 890. The fourth-order valence-corrected chi connectivity index (χ4v) is 3.53. The molecule has 0 atom stereocenters. The molecule has 0 spiro atoms. The molecule has 0 saturated heterocycles. The third-order valence-corrected chi connectivity index (χ3v) is 5.02. The lowest BCUT2D eigenvalue weighted by Gasteiger charge is -2.14. The van der Waals surface area contributed by atoms with Gasteiger partial charge in [0.15, 0.2) is 0 Å². The van der Waals surface area contributed by atoms with Gasteiger partial charge in [-0.15, -0.1) is 11.3 Å². The molecular weight excluding hydrogens is 366 g/mol. The zero-order valence-corrected chi connectivity index (χ0v) is 16.3. The molecule has 0 fully saturated rings. The molecule has 26 heavy (non-hydrogen) atoms. The van der Waals surface area contributed by atoms with E-state index >= 15 is 0 Å². The SMILES string of the molecule is CN(C)Cc1ccccc1CNC(=O)c1csc(-c2ccc(Cl)cc2)n1. The molecule has 134 valence electrons. The number of hydrogen-bond donors (Lipinski definition) is 1. The number of nitrogens with zero attached hydrogens (tertiary/aromatic N) is 2. The van der Waals surface area contributed by atoms with E-state index in [0.29, 0.717) is 17.3 Å². The summed E-state index contributed by atoms with van der Waals surface area (Å²) in [7, 11) is 4.06. The van der Waals surface area contributed by atoms with Crippen molar-refractivity contribution in [2.24, 2.45) is 0 Å². The summed E-state index contributed by atoms with van der Waals surface area (Å²) in [5, 5.41) is 6.24. The lowest BCUT2D eigenvalue weighted by Crippen LogP contribution is -2.24. The summed E-state index contributed by atoms with van der Waals surface area (Å²) in [6.07, 6.45) is 0. The smallest absolute Gasteiger partial charge is 0.271 e. The van der Waals surface area contributed by atoms with Crippen molar-refractivity contribution in [3.8, 4) is 10.6 Å². The monoisotopic (exact) mass is 385 g/mol. The molecule has 1 aromatic heterocycles. The van der Waals surface area contributed by atoms with Crippen LogP contribution >= 0.6 is 22.9 Å². The van der Waals surface area contributed by atoms with Gasteiger partial charge in [0.05, 0.1) is 0 Å². The van der Waals surface area contributed by atoms with E-state index in [1.165, 1.54) is 16.9 Å². The predicted octanol–water partition coefficient (Wildman–Crippen LogP) is 4.46. The summed E-state index contributed by atoms with van der Waals surface area (Å²) in [4.78, 5) is 19.0. The van der Waals surface area contributed by atoms with Crippen molar-refractivity contribution in [3.05, 3.63) is 75.8 Å². The van der Waals surface area contributed by atoms with E-state index in [0.717, 1.165) is 22.7 Å². The number of carbonyl (C=O) groups excluding carboxylic acids is 1. The van der Waals surface area contributed by atoms with Gasteiger partial charge in [-0.1, -0.05) is 48.0 Å². The number of halogens is 1. The van der Waals surface area contributed by atoms with Gasteiger partial charge in [-0.25, -0.2) is 4.98 Å². The first-order valence-corrected chi connectivity index (χ1v) is 9.50.